The molecule has 1 unspecified atom stereocenters. The molecule has 1 aliphatic rings. The first-order valence-corrected chi connectivity index (χ1v) is 7.68. The van der Waals surface area contributed by atoms with E-state index in [0.717, 1.165) is 23.5 Å². The molecule has 1 aromatic heterocycles. The lowest BCUT2D eigenvalue weighted by Gasteiger charge is -2.24. The summed E-state index contributed by atoms with van der Waals surface area (Å²) in [4.78, 5) is 2.16. The molecule has 1 aliphatic heterocycles. The first-order valence-electron chi connectivity index (χ1n) is 7.68. The Hall–Kier alpha value is -2.59. The molecule has 3 nitrogen and oxygen atoms in total. The number of aromatic nitrogens is 1. The third-order valence-corrected chi connectivity index (χ3v) is 4.10. The minimum atomic E-state index is -0.222. The molecule has 2 heterocycles. The fraction of sp³-hybridized carbons (Fsp3) is 0.158. The largest absolute Gasteiger partial charge is 0.352 e. The maximum Gasteiger partial charge on any atom is 0.158 e. The van der Waals surface area contributed by atoms with Crippen LogP contribution in [0.25, 0.3) is 5.69 Å². The normalized spacial score (nSPS) is 17.6. The molecule has 2 aromatic carbocycles. The van der Waals surface area contributed by atoms with Crippen LogP contribution in [-0.4, -0.2) is 17.7 Å². The van der Waals surface area contributed by atoms with Crippen molar-refractivity contribution in [3.05, 3.63) is 84.4 Å². The van der Waals surface area contributed by atoms with Gasteiger partial charge >= 0.3 is 0 Å². The standard InChI is InChI=1S/C19H17FN2O/c20-16-6-8-18(9-7-16)22-12-13-23-19(22)15-10-11-21(14-15)17-4-2-1-3-5-17/h1-11,14,19H,12-13H2. The second-order valence-corrected chi connectivity index (χ2v) is 5.58. The Morgan fingerprint density at radius 3 is 2.48 bits per heavy atom. The van der Waals surface area contributed by atoms with Gasteiger partial charge in [0.2, 0.25) is 0 Å². The molecular weight excluding hydrogens is 291 g/mol. The molecule has 0 N–H and O–H groups in total. The highest BCUT2D eigenvalue weighted by molar-refractivity contribution is 5.49. The number of hydrogen-bond acceptors (Lipinski definition) is 2. The van der Waals surface area contributed by atoms with Crippen molar-refractivity contribution in [3.63, 3.8) is 0 Å². The van der Waals surface area contributed by atoms with Crippen molar-refractivity contribution in [3.8, 4) is 5.69 Å². The van der Waals surface area contributed by atoms with Gasteiger partial charge in [0.05, 0.1) is 6.61 Å². The molecule has 4 heteroatoms. The average molecular weight is 308 g/mol. The van der Waals surface area contributed by atoms with Crippen LogP contribution in [0.5, 0.6) is 0 Å². The van der Waals surface area contributed by atoms with Gasteiger partial charge in [0.25, 0.3) is 0 Å². The summed E-state index contributed by atoms with van der Waals surface area (Å²) < 4.78 is 21.1. The number of halogens is 1. The molecule has 0 radical (unpaired) electrons. The second kappa shape index (κ2) is 5.89. The van der Waals surface area contributed by atoms with E-state index >= 15 is 0 Å². The van der Waals surface area contributed by atoms with Gasteiger partial charge < -0.3 is 14.2 Å². The summed E-state index contributed by atoms with van der Waals surface area (Å²) in [5.74, 6) is -0.222. The zero-order valence-electron chi connectivity index (χ0n) is 12.6. The Morgan fingerprint density at radius 2 is 1.70 bits per heavy atom. The van der Waals surface area contributed by atoms with E-state index in [1.807, 2.05) is 24.4 Å². The van der Waals surface area contributed by atoms with Gasteiger partial charge in [0, 0.05) is 35.9 Å². The van der Waals surface area contributed by atoms with E-state index in [0.29, 0.717) is 6.61 Å². The van der Waals surface area contributed by atoms with Gasteiger partial charge in [0.1, 0.15) is 5.82 Å². The van der Waals surface area contributed by atoms with Gasteiger partial charge in [-0.3, -0.25) is 0 Å². The van der Waals surface area contributed by atoms with Gasteiger partial charge in [-0.05, 0) is 42.5 Å². The molecule has 0 spiro atoms. The molecular formula is C19H17FN2O. The Morgan fingerprint density at radius 1 is 0.913 bits per heavy atom. The second-order valence-electron chi connectivity index (χ2n) is 5.58. The van der Waals surface area contributed by atoms with E-state index in [-0.39, 0.29) is 12.0 Å². The average Bonchev–Trinajstić information content (AvgIpc) is 3.25. The summed E-state index contributed by atoms with van der Waals surface area (Å²) in [5, 5.41) is 0. The van der Waals surface area contributed by atoms with Crippen LogP contribution in [0, 0.1) is 5.82 Å². The van der Waals surface area contributed by atoms with Crippen molar-refractivity contribution in [2.24, 2.45) is 0 Å². The number of benzene rings is 2. The van der Waals surface area contributed by atoms with E-state index in [4.69, 9.17) is 4.74 Å². The number of hydrogen-bond donors (Lipinski definition) is 0. The highest BCUT2D eigenvalue weighted by Crippen LogP contribution is 2.32. The Balaban J connectivity index is 1.62. The van der Waals surface area contributed by atoms with E-state index < -0.39 is 0 Å². The maximum atomic E-state index is 13.1. The van der Waals surface area contributed by atoms with E-state index in [2.05, 4.69) is 33.9 Å². The minimum absolute atomic E-state index is 0.134. The lowest BCUT2D eigenvalue weighted by molar-refractivity contribution is 0.114. The predicted octanol–water partition coefficient (Wildman–Crippen LogP) is 4.15. The molecule has 3 aromatic rings. The minimum Gasteiger partial charge on any atom is -0.352 e. The highest BCUT2D eigenvalue weighted by atomic mass is 19.1. The lowest BCUT2D eigenvalue weighted by atomic mass is 10.2. The van der Waals surface area contributed by atoms with E-state index in [9.17, 15) is 4.39 Å². The zero-order valence-corrected chi connectivity index (χ0v) is 12.6. The van der Waals surface area contributed by atoms with Crippen LogP contribution in [0.15, 0.2) is 73.1 Å². The van der Waals surface area contributed by atoms with Crippen molar-refractivity contribution in [1.29, 1.82) is 0 Å². The summed E-state index contributed by atoms with van der Waals surface area (Å²) in [6.45, 7) is 1.46. The fourth-order valence-electron chi connectivity index (χ4n) is 2.96. The number of ether oxygens (including phenoxy) is 1. The van der Waals surface area contributed by atoms with E-state index in [1.54, 1.807) is 12.1 Å². The summed E-state index contributed by atoms with van der Waals surface area (Å²) in [6, 6.07) is 18.8. The molecule has 1 fully saturated rings. The first-order chi connectivity index (χ1) is 11.3. The molecule has 0 aliphatic carbocycles. The van der Waals surface area contributed by atoms with Gasteiger partial charge in [-0.15, -0.1) is 0 Å². The van der Waals surface area contributed by atoms with Crippen LogP contribution in [-0.2, 0) is 4.74 Å². The topological polar surface area (TPSA) is 17.4 Å². The predicted molar refractivity (Wildman–Crippen MR) is 88.2 cm³/mol. The number of para-hydroxylation sites is 1. The summed E-state index contributed by atoms with van der Waals surface area (Å²) in [5.41, 5.74) is 3.18. The van der Waals surface area contributed by atoms with Crippen molar-refractivity contribution in [2.45, 2.75) is 6.23 Å². The molecule has 4 rings (SSSR count). The van der Waals surface area contributed by atoms with Crippen LogP contribution in [0.3, 0.4) is 0 Å². The third-order valence-electron chi connectivity index (χ3n) is 4.10. The van der Waals surface area contributed by atoms with Gasteiger partial charge in [-0.1, -0.05) is 18.2 Å². The zero-order chi connectivity index (χ0) is 15.6. The maximum absolute atomic E-state index is 13.1. The SMILES string of the molecule is Fc1ccc(N2CCOC2c2ccn(-c3ccccc3)c2)cc1. The van der Waals surface area contributed by atoms with Gasteiger partial charge in [-0.25, -0.2) is 4.39 Å². The highest BCUT2D eigenvalue weighted by Gasteiger charge is 2.27. The fourth-order valence-corrected chi connectivity index (χ4v) is 2.96. The molecule has 0 bridgehead atoms. The molecule has 0 amide bonds. The third kappa shape index (κ3) is 2.73. The molecule has 0 saturated carbocycles. The quantitative estimate of drug-likeness (QED) is 0.723. The summed E-state index contributed by atoms with van der Waals surface area (Å²) >= 11 is 0. The van der Waals surface area contributed by atoms with Crippen LogP contribution in [0.2, 0.25) is 0 Å². The summed E-state index contributed by atoms with van der Waals surface area (Å²) in [7, 11) is 0. The smallest absolute Gasteiger partial charge is 0.158 e. The van der Waals surface area contributed by atoms with Crippen LogP contribution in [0.4, 0.5) is 10.1 Å². The van der Waals surface area contributed by atoms with Gasteiger partial charge in [-0.2, -0.15) is 0 Å². The lowest BCUT2D eigenvalue weighted by Crippen LogP contribution is -2.22. The molecule has 116 valence electrons. The summed E-state index contributed by atoms with van der Waals surface area (Å²) in [6.07, 6.45) is 3.99. The Labute approximate surface area is 134 Å². The number of nitrogens with zero attached hydrogens (tertiary/aromatic N) is 2. The van der Waals surface area contributed by atoms with E-state index in [1.165, 1.54) is 12.1 Å². The molecule has 1 atom stereocenters. The molecule has 23 heavy (non-hydrogen) atoms. The van der Waals surface area contributed by atoms with Crippen LogP contribution < -0.4 is 4.90 Å². The number of rotatable bonds is 3. The van der Waals surface area contributed by atoms with Crippen molar-refractivity contribution in [1.82, 2.24) is 4.57 Å². The Kier molecular flexibility index (Phi) is 3.60. The monoisotopic (exact) mass is 308 g/mol. The van der Waals surface area contributed by atoms with Crippen LogP contribution in [0.1, 0.15) is 11.8 Å². The van der Waals surface area contributed by atoms with Crippen molar-refractivity contribution < 1.29 is 9.13 Å². The van der Waals surface area contributed by atoms with Gasteiger partial charge in [0.15, 0.2) is 6.23 Å². The number of anilines is 1. The van der Waals surface area contributed by atoms with Crippen molar-refractivity contribution in [2.75, 3.05) is 18.1 Å². The Bertz CT molecular complexity index is 783. The van der Waals surface area contributed by atoms with Crippen molar-refractivity contribution >= 4 is 5.69 Å². The molecule has 1 saturated heterocycles. The van der Waals surface area contributed by atoms with Crippen LogP contribution >= 0.6 is 0 Å². The first kappa shape index (κ1) is 14.0.